The van der Waals surface area contributed by atoms with Gasteiger partial charge in [0.1, 0.15) is 5.75 Å². The third-order valence-electron chi connectivity index (χ3n) is 3.77. The first-order valence-corrected chi connectivity index (χ1v) is 7.51. The number of hydrazine groups is 1. The van der Waals surface area contributed by atoms with Crippen LogP contribution in [0.3, 0.4) is 0 Å². The van der Waals surface area contributed by atoms with Crippen LogP contribution in [0.5, 0.6) is 5.75 Å². The number of rotatable bonds is 3. The van der Waals surface area contributed by atoms with E-state index in [1.165, 1.54) is 19.3 Å². The number of ether oxygens (including phenoxy) is 1. The molecule has 0 saturated carbocycles. The van der Waals surface area contributed by atoms with Crippen LogP contribution in [0.4, 0.5) is 5.69 Å². The second-order valence-corrected chi connectivity index (χ2v) is 5.74. The number of nitrogens with one attached hydrogen (secondary N) is 2. The Morgan fingerprint density at radius 2 is 1.80 bits per heavy atom. The number of methoxy groups -OCH3 is 1. The molecule has 0 aromatic heterocycles. The maximum Gasteiger partial charge on any atom is 0.185 e. The molecule has 1 heterocycles. The number of hydrogen-bond donors (Lipinski definition) is 2. The molecule has 20 heavy (non-hydrogen) atoms. The van der Waals surface area contributed by atoms with E-state index in [-0.39, 0.29) is 0 Å². The van der Waals surface area contributed by atoms with Crippen molar-refractivity contribution in [3.05, 3.63) is 24.3 Å². The maximum absolute atomic E-state index is 5.39. The summed E-state index contributed by atoms with van der Waals surface area (Å²) in [4.78, 5) is 0. The minimum Gasteiger partial charge on any atom is -0.497 e. The summed E-state index contributed by atoms with van der Waals surface area (Å²) in [5.74, 6) is 0.840. The van der Waals surface area contributed by atoms with E-state index in [1.54, 1.807) is 7.11 Å². The van der Waals surface area contributed by atoms with Crippen molar-refractivity contribution in [2.45, 2.75) is 45.2 Å². The van der Waals surface area contributed by atoms with Gasteiger partial charge < -0.3 is 10.1 Å². The van der Waals surface area contributed by atoms with Crippen LogP contribution in [0, 0.1) is 0 Å². The molecular formula is C15H23N3OS. The molecule has 110 valence electrons. The molecule has 1 aromatic rings. The van der Waals surface area contributed by atoms with E-state index < -0.39 is 0 Å². The Bertz CT molecular complexity index is 439. The van der Waals surface area contributed by atoms with E-state index in [9.17, 15) is 0 Å². The molecule has 1 fully saturated rings. The lowest BCUT2D eigenvalue weighted by Crippen LogP contribution is -2.55. The Labute approximate surface area is 126 Å². The molecule has 0 aliphatic carbocycles. The van der Waals surface area contributed by atoms with Crippen LogP contribution in [-0.2, 0) is 0 Å². The highest BCUT2D eigenvalue weighted by molar-refractivity contribution is 7.80. The lowest BCUT2D eigenvalue weighted by atomic mass is 10.00. The van der Waals surface area contributed by atoms with Crippen LogP contribution < -0.4 is 15.5 Å². The molecular weight excluding hydrogens is 270 g/mol. The first-order valence-electron chi connectivity index (χ1n) is 7.10. The summed E-state index contributed by atoms with van der Waals surface area (Å²) in [6.07, 6.45) is 3.71. The first kappa shape index (κ1) is 15.1. The van der Waals surface area contributed by atoms with Crippen molar-refractivity contribution in [1.29, 1.82) is 0 Å². The molecule has 2 N–H and O–H groups in total. The maximum atomic E-state index is 5.39. The van der Waals surface area contributed by atoms with Crippen molar-refractivity contribution in [2.75, 3.05) is 12.4 Å². The molecule has 1 aliphatic heterocycles. The Balaban J connectivity index is 1.90. The summed E-state index contributed by atoms with van der Waals surface area (Å²) in [7, 11) is 1.66. The quantitative estimate of drug-likeness (QED) is 0.837. The van der Waals surface area contributed by atoms with Gasteiger partial charge in [-0.3, -0.25) is 5.43 Å². The fraction of sp³-hybridized carbons (Fsp3) is 0.533. The molecule has 0 unspecified atom stereocenters. The number of piperidine rings is 1. The topological polar surface area (TPSA) is 36.5 Å². The average molecular weight is 293 g/mol. The molecule has 0 spiro atoms. The Kier molecular flexibility index (Phi) is 5.20. The van der Waals surface area contributed by atoms with Crippen molar-refractivity contribution in [1.82, 2.24) is 10.4 Å². The van der Waals surface area contributed by atoms with Crippen LogP contribution in [0.1, 0.15) is 33.1 Å². The van der Waals surface area contributed by atoms with E-state index >= 15 is 0 Å². The molecule has 1 aliphatic rings. The fourth-order valence-electron chi connectivity index (χ4n) is 2.59. The Morgan fingerprint density at radius 1 is 1.20 bits per heavy atom. The van der Waals surface area contributed by atoms with Crippen LogP contribution in [0.2, 0.25) is 0 Å². The normalized spacial score (nSPS) is 23.1. The van der Waals surface area contributed by atoms with Crippen LogP contribution in [-0.4, -0.2) is 29.3 Å². The zero-order valence-corrected chi connectivity index (χ0v) is 13.2. The zero-order chi connectivity index (χ0) is 14.5. The van der Waals surface area contributed by atoms with Crippen molar-refractivity contribution in [3.63, 3.8) is 0 Å². The van der Waals surface area contributed by atoms with Crippen molar-refractivity contribution in [2.24, 2.45) is 0 Å². The minimum atomic E-state index is 0.509. The molecule has 1 saturated heterocycles. The Morgan fingerprint density at radius 3 is 2.35 bits per heavy atom. The number of nitrogens with zero attached hydrogens (tertiary/aromatic N) is 1. The van der Waals surface area contributed by atoms with Crippen molar-refractivity contribution >= 4 is 23.0 Å². The third-order valence-corrected chi connectivity index (χ3v) is 3.97. The summed E-state index contributed by atoms with van der Waals surface area (Å²) in [6.45, 7) is 4.47. The number of anilines is 1. The van der Waals surface area contributed by atoms with Gasteiger partial charge in [-0.25, -0.2) is 5.01 Å². The fourth-order valence-corrected chi connectivity index (χ4v) is 2.82. The van der Waals surface area contributed by atoms with Gasteiger partial charge in [0.15, 0.2) is 5.11 Å². The third kappa shape index (κ3) is 3.84. The highest BCUT2D eigenvalue weighted by atomic mass is 32.1. The van der Waals surface area contributed by atoms with Crippen molar-refractivity contribution < 1.29 is 4.74 Å². The molecule has 2 atom stereocenters. The van der Waals surface area contributed by atoms with E-state index in [4.69, 9.17) is 17.0 Å². The smallest absolute Gasteiger partial charge is 0.185 e. The summed E-state index contributed by atoms with van der Waals surface area (Å²) < 4.78 is 5.14. The van der Waals surface area contributed by atoms with E-state index in [0.29, 0.717) is 17.2 Å². The summed E-state index contributed by atoms with van der Waals surface area (Å²) in [5, 5.41) is 6.09. The standard InChI is InChI=1S/C15H23N3OS/c1-11-5-4-6-12(2)18(11)17-15(20)16-13-7-9-14(19-3)10-8-13/h7-12H,4-6H2,1-3H3,(H2,16,17,20)/t11-,12-/m0/s1. The van der Waals surface area contributed by atoms with Crippen LogP contribution in [0.15, 0.2) is 24.3 Å². The average Bonchev–Trinajstić information content (AvgIpc) is 2.44. The van der Waals surface area contributed by atoms with Gasteiger partial charge in [-0.05, 0) is 63.2 Å². The van der Waals surface area contributed by atoms with E-state index in [2.05, 4.69) is 29.6 Å². The van der Waals surface area contributed by atoms with Gasteiger partial charge in [0.25, 0.3) is 0 Å². The largest absolute Gasteiger partial charge is 0.497 e. The molecule has 1 aromatic carbocycles. The SMILES string of the molecule is COc1ccc(NC(=S)NN2[C@@H](C)CCC[C@@H]2C)cc1. The molecule has 0 radical (unpaired) electrons. The first-order chi connectivity index (χ1) is 9.60. The second-order valence-electron chi connectivity index (χ2n) is 5.33. The highest BCUT2D eigenvalue weighted by Crippen LogP contribution is 2.20. The van der Waals surface area contributed by atoms with E-state index in [0.717, 1.165) is 11.4 Å². The Hall–Kier alpha value is -1.33. The molecule has 0 amide bonds. The predicted octanol–water partition coefficient (Wildman–Crippen LogP) is 3.16. The highest BCUT2D eigenvalue weighted by Gasteiger charge is 2.25. The molecule has 2 rings (SSSR count). The predicted molar refractivity (Wildman–Crippen MR) is 87.0 cm³/mol. The van der Waals surface area contributed by atoms with Gasteiger partial charge in [-0.1, -0.05) is 6.42 Å². The van der Waals surface area contributed by atoms with Crippen molar-refractivity contribution in [3.8, 4) is 5.75 Å². The van der Waals surface area contributed by atoms with Gasteiger partial charge in [-0.2, -0.15) is 0 Å². The van der Waals surface area contributed by atoms with Gasteiger partial charge in [0, 0.05) is 17.8 Å². The summed E-state index contributed by atoms with van der Waals surface area (Å²) in [6, 6.07) is 8.75. The van der Waals surface area contributed by atoms with Crippen LogP contribution in [0.25, 0.3) is 0 Å². The second kappa shape index (κ2) is 6.90. The zero-order valence-electron chi connectivity index (χ0n) is 12.3. The summed E-state index contributed by atoms with van der Waals surface area (Å²) >= 11 is 5.39. The monoisotopic (exact) mass is 293 g/mol. The van der Waals surface area contributed by atoms with E-state index in [1.807, 2.05) is 24.3 Å². The molecule has 5 heteroatoms. The number of thiocarbonyl (C=S) groups is 1. The number of hydrogen-bond acceptors (Lipinski definition) is 3. The lowest BCUT2D eigenvalue weighted by molar-refractivity contribution is 0.0750. The van der Waals surface area contributed by atoms with Gasteiger partial charge in [-0.15, -0.1) is 0 Å². The van der Waals surface area contributed by atoms with Gasteiger partial charge >= 0.3 is 0 Å². The van der Waals surface area contributed by atoms with Gasteiger partial charge in [0.2, 0.25) is 0 Å². The minimum absolute atomic E-state index is 0.509. The summed E-state index contributed by atoms with van der Waals surface area (Å²) in [5.41, 5.74) is 4.28. The van der Waals surface area contributed by atoms with Gasteiger partial charge in [0.05, 0.1) is 7.11 Å². The molecule has 0 bridgehead atoms. The molecule has 4 nitrogen and oxygen atoms in total. The number of benzene rings is 1. The van der Waals surface area contributed by atoms with Crippen LogP contribution >= 0.6 is 12.2 Å². The lowest BCUT2D eigenvalue weighted by Gasteiger charge is -2.39.